The van der Waals surface area contributed by atoms with E-state index in [2.05, 4.69) is 19.6 Å². The molecule has 9 heavy (non-hydrogen) atoms. The maximum atomic E-state index is 5.62. The van der Waals surface area contributed by atoms with Crippen molar-refractivity contribution in [1.29, 1.82) is 0 Å². The first-order valence-corrected chi connectivity index (χ1v) is 5.04. The molecule has 0 fully saturated rings. The van der Waals surface area contributed by atoms with Gasteiger partial charge in [0.05, 0.1) is 0 Å². The lowest BCUT2D eigenvalue weighted by Gasteiger charge is -2.05. The van der Waals surface area contributed by atoms with Crippen molar-refractivity contribution in [3.63, 3.8) is 0 Å². The van der Waals surface area contributed by atoms with E-state index in [1.807, 2.05) is 11.8 Å². The van der Waals surface area contributed by atoms with Gasteiger partial charge in [-0.05, 0) is 17.9 Å². The van der Waals surface area contributed by atoms with Crippen LogP contribution >= 0.6 is 24.4 Å². The fourth-order valence-electron chi connectivity index (χ4n) is 0.470. The van der Waals surface area contributed by atoms with Gasteiger partial charge >= 0.3 is 0 Å². The van der Waals surface area contributed by atoms with Crippen molar-refractivity contribution in [2.24, 2.45) is 5.73 Å². The highest BCUT2D eigenvalue weighted by Gasteiger charge is 1.96. The van der Waals surface area contributed by atoms with E-state index in [4.69, 9.17) is 5.73 Å². The average Bonchev–Trinajstić information content (AvgIpc) is 1.89. The van der Waals surface area contributed by atoms with Gasteiger partial charge in [-0.15, -0.1) is 0 Å². The number of nitrogens with two attached hydrogens (primary N) is 1. The Labute approximate surface area is 67.2 Å². The summed E-state index contributed by atoms with van der Waals surface area (Å²) in [6, 6.07) is 0.299. The third-order valence-electron chi connectivity index (χ3n) is 1.07. The summed E-state index contributed by atoms with van der Waals surface area (Å²) in [5.41, 5.74) is 5.62. The molecule has 56 valence electrons. The molecule has 0 bridgehead atoms. The first kappa shape index (κ1) is 9.66. The molecule has 1 atom stereocenters. The van der Waals surface area contributed by atoms with Crippen LogP contribution in [-0.4, -0.2) is 23.3 Å². The minimum Gasteiger partial charge on any atom is -0.327 e. The van der Waals surface area contributed by atoms with Gasteiger partial charge in [-0.25, -0.2) is 0 Å². The van der Waals surface area contributed by atoms with Gasteiger partial charge in [-0.1, -0.05) is 6.92 Å². The second-order valence-electron chi connectivity index (χ2n) is 1.93. The van der Waals surface area contributed by atoms with Crippen LogP contribution in [-0.2, 0) is 0 Å². The van der Waals surface area contributed by atoms with Crippen LogP contribution in [0.2, 0.25) is 0 Å². The minimum atomic E-state index is 0.299. The highest BCUT2D eigenvalue weighted by molar-refractivity contribution is 7.99. The van der Waals surface area contributed by atoms with Gasteiger partial charge in [-0.3, -0.25) is 0 Å². The third-order valence-corrected chi connectivity index (χ3v) is 2.47. The molecule has 0 saturated carbocycles. The smallest absolute Gasteiger partial charge is 0.0135 e. The maximum absolute atomic E-state index is 5.62. The van der Waals surface area contributed by atoms with Crippen LogP contribution in [0.3, 0.4) is 0 Å². The van der Waals surface area contributed by atoms with Crippen molar-refractivity contribution in [1.82, 2.24) is 0 Å². The molecular formula is C6H15NS2. The van der Waals surface area contributed by atoms with E-state index in [1.54, 1.807) is 0 Å². The van der Waals surface area contributed by atoms with E-state index in [-0.39, 0.29) is 0 Å². The summed E-state index contributed by atoms with van der Waals surface area (Å²) in [5.74, 6) is 3.18. The monoisotopic (exact) mass is 165 g/mol. The Bertz CT molecular complexity index is 59.0. The molecule has 1 nitrogen and oxygen atoms in total. The Hall–Kier alpha value is 0.660. The summed E-state index contributed by atoms with van der Waals surface area (Å²) in [6.45, 7) is 2.16. The van der Waals surface area contributed by atoms with Crippen LogP contribution in [0.5, 0.6) is 0 Å². The normalized spacial score (nSPS) is 13.7. The van der Waals surface area contributed by atoms with E-state index in [9.17, 15) is 0 Å². The van der Waals surface area contributed by atoms with Gasteiger partial charge in [0.25, 0.3) is 0 Å². The van der Waals surface area contributed by atoms with Crippen molar-refractivity contribution >= 4 is 24.4 Å². The molecule has 1 unspecified atom stereocenters. The quantitative estimate of drug-likeness (QED) is 0.475. The lowest BCUT2D eigenvalue weighted by atomic mass is 10.3. The second-order valence-corrected chi connectivity index (χ2v) is 3.69. The largest absolute Gasteiger partial charge is 0.327 e. The fourth-order valence-corrected chi connectivity index (χ4v) is 1.41. The van der Waals surface area contributed by atoms with E-state index in [0.29, 0.717) is 6.04 Å². The molecule has 0 spiro atoms. The molecule has 0 amide bonds. The zero-order valence-electron chi connectivity index (χ0n) is 5.84. The molecule has 0 aliphatic heterocycles. The number of thioether (sulfide) groups is 1. The molecule has 0 radical (unpaired) electrons. The molecule has 3 heteroatoms. The lowest BCUT2D eigenvalue weighted by Crippen LogP contribution is -2.22. The van der Waals surface area contributed by atoms with Gasteiger partial charge in [0.1, 0.15) is 0 Å². The molecule has 0 saturated heterocycles. The number of thiol groups is 1. The van der Waals surface area contributed by atoms with Crippen LogP contribution < -0.4 is 5.73 Å². The Morgan fingerprint density at radius 3 is 2.78 bits per heavy atom. The van der Waals surface area contributed by atoms with Gasteiger partial charge in [-0.2, -0.15) is 24.4 Å². The summed E-state index contributed by atoms with van der Waals surface area (Å²) in [4.78, 5) is 0. The van der Waals surface area contributed by atoms with Gasteiger partial charge in [0.2, 0.25) is 0 Å². The zero-order chi connectivity index (χ0) is 7.11. The molecular weight excluding hydrogens is 150 g/mol. The Morgan fingerprint density at radius 2 is 2.33 bits per heavy atom. The zero-order valence-corrected chi connectivity index (χ0v) is 7.55. The predicted molar refractivity (Wildman–Crippen MR) is 49.4 cm³/mol. The number of hydrogen-bond acceptors (Lipinski definition) is 3. The van der Waals surface area contributed by atoms with Crippen LogP contribution in [0.25, 0.3) is 0 Å². The van der Waals surface area contributed by atoms with Crippen molar-refractivity contribution in [2.75, 3.05) is 17.3 Å². The summed E-state index contributed by atoms with van der Waals surface area (Å²) >= 11 is 6.02. The Balaban J connectivity index is 2.88. The third kappa shape index (κ3) is 6.55. The summed E-state index contributed by atoms with van der Waals surface area (Å²) in [7, 11) is 0. The van der Waals surface area contributed by atoms with Crippen LogP contribution in [0.4, 0.5) is 0 Å². The van der Waals surface area contributed by atoms with E-state index in [0.717, 1.165) is 12.2 Å². The molecule has 0 aromatic heterocycles. The molecule has 0 rings (SSSR count). The molecule has 0 aromatic carbocycles. The predicted octanol–water partition coefficient (Wildman–Crippen LogP) is 1.39. The van der Waals surface area contributed by atoms with E-state index < -0.39 is 0 Å². The molecule has 2 N–H and O–H groups in total. The Kier molecular flexibility index (Phi) is 7.27. The highest BCUT2D eigenvalue weighted by atomic mass is 32.2. The van der Waals surface area contributed by atoms with Crippen molar-refractivity contribution in [3.8, 4) is 0 Å². The first-order valence-electron chi connectivity index (χ1n) is 3.25. The van der Waals surface area contributed by atoms with E-state index in [1.165, 1.54) is 11.5 Å². The standard InChI is InChI=1S/C6H15NS2/c1-2-9-4-3-6(7)5-8/h6,8H,2-5,7H2,1H3. The Morgan fingerprint density at radius 1 is 1.67 bits per heavy atom. The summed E-state index contributed by atoms with van der Waals surface area (Å²) in [5, 5.41) is 0. The summed E-state index contributed by atoms with van der Waals surface area (Å²) < 4.78 is 0. The first-order chi connectivity index (χ1) is 4.31. The van der Waals surface area contributed by atoms with Crippen molar-refractivity contribution < 1.29 is 0 Å². The van der Waals surface area contributed by atoms with Gasteiger partial charge in [0.15, 0.2) is 0 Å². The minimum absolute atomic E-state index is 0.299. The van der Waals surface area contributed by atoms with Crippen LogP contribution in [0.15, 0.2) is 0 Å². The molecule has 0 heterocycles. The van der Waals surface area contributed by atoms with Crippen molar-refractivity contribution in [2.45, 2.75) is 19.4 Å². The van der Waals surface area contributed by atoms with Crippen LogP contribution in [0.1, 0.15) is 13.3 Å². The van der Waals surface area contributed by atoms with Crippen molar-refractivity contribution in [3.05, 3.63) is 0 Å². The SMILES string of the molecule is CCSCCC(N)CS. The summed E-state index contributed by atoms with van der Waals surface area (Å²) in [6.07, 6.45) is 1.10. The van der Waals surface area contributed by atoms with Gasteiger partial charge < -0.3 is 5.73 Å². The van der Waals surface area contributed by atoms with E-state index >= 15 is 0 Å². The van der Waals surface area contributed by atoms with Gasteiger partial charge in [0, 0.05) is 11.8 Å². The fraction of sp³-hybridized carbons (Fsp3) is 1.00. The maximum Gasteiger partial charge on any atom is 0.0135 e. The topological polar surface area (TPSA) is 26.0 Å². The number of rotatable bonds is 5. The molecule has 0 aliphatic carbocycles. The average molecular weight is 165 g/mol. The molecule has 0 aliphatic rings. The highest BCUT2D eigenvalue weighted by Crippen LogP contribution is 2.02. The van der Waals surface area contributed by atoms with Crippen LogP contribution in [0, 0.1) is 0 Å². The molecule has 0 aromatic rings. The second kappa shape index (κ2) is 6.78. The lowest BCUT2D eigenvalue weighted by molar-refractivity contribution is 0.733. The number of hydrogen-bond donors (Lipinski definition) is 2.